The summed E-state index contributed by atoms with van der Waals surface area (Å²) in [4.78, 5) is 0. The van der Waals surface area contributed by atoms with E-state index >= 15 is 0 Å². The van der Waals surface area contributed by atoms with Crippen molar-refractivity contribution in [2.45, 2.75) is 85.5 Å². The molecule has 0 saturated heterocycles. The van der Waals surface area contributed by atoms with Crippen molar-refractivity contribution >= 4 is 0 Å². The van der Waals surface area contributed by atoms with Gasteiger partial charge in [0.2, 0.25) is 0 Å². The summed E-state index contributed by atoms with van der Waals surface area (Å²) in [7, 11) is 0. The van der Waals surface area contributed by atoms with Gasteiger partial charge in [0, 0.05) is 1.43 Å². The van der Waals surface area contributed by atoms with Gasteiger partial charge in [0.15, 0.2) is 0 Å². The van der Waals surface area contributed by atoms with E-state index in [4.69, 9.17) is 0 Å². The molecule has 1 rings (SSSR count). The van der Waals surface area contributed by atoms with Gasteiger partial charge in [0.1, 0.15) is 0 Å². The lowest BCUT2D eigenvalue weighted by atomic mass is 9.89. The summed E-state index contributed by atoms with van der Waals surface area (Å²) < 4.78 is 0. The molecule has 1 heteroatoms. The van der Waals surface area contributed by atoms with E-state index in [1.54, 1.807) is 0 Å². The smallest absolute Gasteiger partial charge is 0 e. The zero-order valence-corrected chi connectivity index (χ0v) is 13.4. The molecule has 0 atom stereocenters. The highest BCUT2D eigenvalue weighted by Crippen LogP contribution is 2.22. The minimum atomic E-state index is 0. The van der Waals surface area contributed by atoms with Gasteiger partial charge in [0.05, 0.1) is 0 Å². The molecule has 0 aromatic heterocycles. The second kappa shape index (κ2) is 13.4. The zero-order chi connectivity index (χ0) is 13.6. The Labute approximate surface area is 118 Å². The molecular formula is C17H39N. The van der Waals surface area contributed by atoms with Gasteiger partial charge in [-0.05, 0) is 44.2 Å². The van der Waals surface area contributed by atoms with Gasteiger partial charge in [-0.3, -0.25) is 0 Å². The van der Waals surface area contributed by atoms with Crippen LogP contribution < -0.4 is 5.32 Å². The Morgan fingerprint density at radius 3 is 2.28 bits per heavy atom. The predicted octanol–water partition coefficient (Wildman–Crippen LogP) is 5.64. The van der Waals surface area contributed by atoms with Crippen molar-refractivity contribution in [3.05, 3.63) is 0 Å². The molecule has 1 nitrogen and oxygen atoms in total. The SMILES string of the molecule is CC.CC(C)CCCCCNCC1CCCCC1.[HH]. The van der Waals surface area contributed by atoms with Crippen LogP contribution in [0.5, 0.6) is 0 Å². The van der Waals surface area contributed by atoms with Crippen molar-refractivity contribution in [1.82, 2.24) is 5.32 Å². The highest BCUT2D eigenvalue weighted by Gasteiger charge is 2.11. The van der Waals surface area contributed by atoms with Gasteiger partial charge in [-0.1, -0.05) is 66.2 Å². The highest BCUT2D eigenvalue weighted by atomic mass is 14.9. The van der Waals surface area contributed by atoms with Gasteiger partial charge in [-0.2, -0.15) is 0 Å². The van der Waals surface area contributed by atoms with Crippen LogP contribution in [0, 0.1) is 11.8 Å². The van der Waals surface area contributed by atoms with Gasteiger partial charge >= 0.3 is 0 Å². The lowest BCUT2D eigenvalue weighted by molar-refractivity contribution is 0.341. The molecule has 0 spiro atoms. The average molecular weight is 258 g/mol. The van der Waals surface area contributed by atoms with Crippen LogP contribution in [0.25, 0.3) is 0 Å². The largest absolute Gasteiger partial charge is 0.316 e. The molecular weight excluding hydrogens is 218 g/mol. The lowest BCUT2D eigenvalue weighted by Crippen LogP contribution is -2.25. The fourth-order valence-corrected chi connectivity index (χ4v) is 2.68. The number of unbranched alkanes of at least 4 members (excludes halogenated alkanes) is 2. The first-order chi connectivity index (χ1) is 8.79. The number of hydrogen-bond acceptors (Lipinski definition) is 1. The molecule has 0 aromatic carbocycles. The maximum absolute atomic E-state index is 3.64. The normalized spacial score (nSPS) is 16.5. The standard InChI is InChI=1S/C15H31N.C2H6.H2/c1-14(2)9-5-4-8-12-16-13-15-10-6-3-7-11-15;1-2;/h14-16H,3-13H2,1-2H3;1-2H3;1H. The Morgan fingerprint density at radius 1 is 1.00 bits per heavy atom. The molecule has 1 aliphatic rings. The van der Waals surface area contributed by atoms with E-state index < -0.39 is 0 Å². The topological polar surface area (TPSA) is 12.0 Å². The Kier molecular flexibility index (Phi) is 13.4. The number of rotatable bonds is 8. The first-order valence-electron chi connectivity index (χ1n) is 8.49. The summed E-state index contributed by atoms with van der Waals surface area (Å²) in [5.41, 5.74) is 0. The van der Waals surface area contributed by atoms with Crippen molar-refractivity contribution in [2.24, 2.45) is 11.8 Å². The summed E-state index contributed by atoms with van der Waals surface area (Å²) in [5.74, 6) is 1.87. The summed E-state index contributed by atoms with van der Waals surface area (Å²) in [6, 6.07) is 0. The van der Waals surface area contributed by atoms with Crippen LogP contribution in [0.15, 0.2) is 0 Å². The molecule has 0 radical (unpaired) electrons. The van der Waals surface area contributed by atoms with Crippen LogP contribution in [0.2, 0.25) is 0 Å². The van der Waals surface area contributed by atoms with Crippen LogP contribution in [-0.4, -0.2) is 13.1 Å². The maximum Gasteiger partial charge on any atom is 0 e. The third-order valence-electron chi connectivity index (χ3n) is 3.79. The molecule has 112 valence electrons. The van der Waals surface area contributed by atoms with E-state index in [9.17, 15) is 0 Å². The minimum Gasteiger partial charge on any atom is -0.316 e. The summed E-state index contributed by atoms with van der Waals surface area (Å²) in [6.45, 7) is 11.2. The Balaban J connectivity index is 0. The van der Waals surface area contributed by atoms with Crippen LogP contribution in [0.1, 0.15) is 86.9 Å². The summed E-state index contributed by atoms with van der Waals surface area (Å²) in [5, 5.41) is 3.64. The maximum atomic E-state index is 3.64. The lowest BCUT2D eigenvalue weighted by Gasteiger charge is -2.21. The van der Waals surface area contributed by atoms with E-state index in [-0.39, 0.29) is 1.43 Å². The molecule has 0 aromatic rings. The Morgan fingerprint density at radius 2 is 1.67 bits per heavy atom. The van der Waals surface area contributed by atoms with Gasteiger partial charge in [-0.25, -0.2) is 0 Å². The van der Waals surface area contributed by atoms with E-state index in [0.29, 0.717) is 0 Å². The highest BCUT2D eigenvalue weighted by molar-refractivity contribution is 4.67. The van der Waals surface area contributed by atoms with Gasteiger partial charge in [0.25, 0.3) is 0 Å². The van der Waals surface area contributed by atoms with Crippen LogP contribution in [0.4, 0.5) is 0 Å². The molecule has 1 aliphatic carbocycles. The molecule has 1 saturated carbocycles. The van der Waals surface area contributed by atoms with Gasteiger partial charge in [-0.15, -0.1) is 0 Å². The van der Waals surface area contributed by atoms with E-state index in [0.717, 1.165) is 11.8 Å². The summed E-state index contributed by atoms with van der Waals surface area (Å²) in [6.07, 6.45) is 13.0. The number of nitrogens with one attached hydrogen (secondary N) is 1. The molecule has 1 N–H and O–H groups in total. The fourth-order valence-electron chi connectivity index (χ4n) is 2.68. The first kappa shape index (κ1) is 18.0. The molecule has 0 bridgehead atoms. The Bertz CT molecular complexity index is 153. The van der Waals surface area contributed by atoms with Crippen molar-refractivity contribution in [3.63, 3.8) is 0 Å². The second-order valence-electron chi connectivity index (χ2n) is 5.95. The van der Waals surface area contributed by atoms with Crippen molar-refractivity contribution in [2.75, 3.05) is 13.1 Å². The van der Waals surface area contributed by atoms with E-state index in [1.807, 2.05) is 13.8 Å². The first-order valence-corrected chi connectivity index (χ1v) is 8.49. The predicted molar refractivity (Wildman–Crippen MR) is 86.2 cm³/mol. The summed E-state index contributed by atoms with van der Waals surface area (Å²) >= 11 is 0. The van der Waals surface area contributed by atoms with Crippen molar-refractivity contribution < 1.29 is 1.43 Å². The van der Waals surface area contributed by atoms with Gasteiger partial charge < -0.3 is 5.32 Å². The van der Waals surface area contributed by atoms with Crippen LogP contribution in [-0.2, 0) is 0 Å². The molecule has 0 unspecified atom stereocenters. The monoisotopic (exact) mass is 257 g/mol. The molecule has 1 fully saturated rings. The van der Waals surface area contributed by atoms with Crippen LogP contribution >= 0.6 is 0 Å². The van der Waals surface area contributed by atoms with Crippen molar-refractivity contribution in [1.29, 1.82) is 0 Å². The molecule has 18 heavy (non-hydrogen) atoms. The molecule has 0 amide bonds. The second-order valence-corrected chi connectivity index (χ2v) is 5.95. The average Bonchev–Trinajstić information content (AvgIpc) is 2.41. The quantitative estimate of drug-likeness (QED) is 0.554. The van der Waals surface area contributed by atoms with E-state index in [2.05, 4.69) is 19.2 Å². The Hall–Kier alpha value is -0.0400. The van der Waals surface area contributed by atoms with E-state index in [1.165, 1.54) is 70.9 Å². The minimum absolute atomic E-state index is 0. The third-order valence-corrected chi connectivity index (χ3v) is 3.79. The number of hydrogen-bond donors (Lipinski definition) is 1. The third kappa shape index (κ3) is 11.1. The molecule has 0 aliphatic heterocycles. The van der Waals surface area contributed by atoms with Crippen molar-refractivity contribution in [3.8, 4) is 0 Å². The molecule has 0 heterocycles. The van der Waals surface area contributed by atoms with Crippen LogP contribution in [0.3, 0.4) is 0 Å². The zero-order valence-electron chi connectivity index (χ0n) is 13.4. The fraction of sp³-hybridized carbons (Fsp3) is 1.00.